The maximum Gasteiger partial charge on any atom is 0.254 e. The average molecular weight is 392 g/mol. The lowest BCUT2D eigenvalue weighted by molar-refractivity contribution is -0.122. The molecule has 1 saturated heterocycles. The molecule has 0 spiro atoms. The molecule has 5 nitrogen and oxygen atoms in total. The van der Waals surface area contributed by atoms with E-state index in [1.54, 1.807) is 12.1 Å². The van der Waals surface area contributed by atoms with Crippen molar-refractivity contribution >= 4 is 12.1 Å². The van der Waals surface area contributed by atoms with Gasteiger partial charge in [0.1, 0.15) is 5.75 Å². The van der Waals surface area contributed by atoms with Crippen LogP contribution in [0.4, 0.5) is 0 Å². The van der Waals surface area contributed by atoms with Crippen LogP contribution in [0, 0.1) is 5.92 Å². The van der Waals surface area contributed by atoms with Gasteiger partial charge >= 0.3 is 0 Å². The van der Waals surface area contributed by atoms with E-state index in [0.717, 1.165) is 37.9 Å². The quantitative estimate of drug-likeness (QED) is 0.411. The first-order valence-electron chi connectivity index (χ1n) is 10.2. The predicted molar refractivity (Wildman–Crippen MR) is 117 cm³/mol. The fourth-order valence-corrected chi connectivity index (χ4v) is 3.74. The Balaban J connectivity index is 1.42. The zero-order valence-electron chi connectivity index (χ0n) is 16.8. The van der Waals surface area contributed by atoms with Gasteiger partial charge in [0, 0.05) is 5.56 Å². The van der Waals surface area contributed by atoms with Crippen molar-refractivity contribution in [2.75, 3.05) is 19.6 Å². The molecule has 152 valence electrons. The summed E-state index contributed by atoms with van der Waals surface area (Å²) in [6.07, 6.45) is 7.12. The van der Waals surface area contributed by atoms with E-state index in [-0.39, 0.29) is 11.7 Å². The molecule has 2 aromatic carbocycles. The fourth-order valence-electron chi connectivity index (χ4n) is 3.74. The van der Waals surface area contributed by atoms with Gasteiger partial charge in [-0.25, -0.2) is 5.43 Å². The second-order valence-electron chi connectivity index (χ2n) is 7.55. The molecule has 0 unspecified atom stereocenters. The number of piperidine rings is 1. The van der Waals surface area contributed by atoms with E-state index >= 15 is 0 Å². The number of benzene rings is 2. The van der Waals surface area contributed by atoms with Crippen molar-refractivity contribution < 1.29 is 9.90 Å². The minimum atomic E-state index is -0.135. The topological polar surface area (TPSA) is 64.9 Å². The number of nitrogens with zero attached hydrogens (tertiary/aromatic N) is 2. The Bertz CT molecular complexity index is 840. The third kappa shape index (κ3) is 6.29. The van der Waals surface area contributed by atoms with Gasteiger partial charge in [-0.2, -0.15) is 5.10 Å². The number of hydrogen-bond donors (Lipinski definition) is 2. The highest BCUT2D eigenvalue weighted by Gasteiger charge is 2.20. The Kier molecular flexibility index (Phi) is 7.59. The standard InChI is InChI=1S/C24H29N3O2/c1-2-7-21-10-6-11-22(24(21)29)17-25-26-23(28)18-27-14-12-20(13-15-27)16-19-8-4-3-5-9-19/h2-6,8-11,17,20,29H,1,7,12-16,18H2,(H,26,28)/b25-17+. The van der Waals surface area contributed by atoms with Crippen LogP contribution in [0.3, 0.4) is 0 Å². The Morgan fingerprint density at radius 3 is 2.66 bits per heavy atom. The van der Waals surface area contributed by atoms with Gasteiger partial charge in [0.2, 0.25) is 0 Å². The van der Waals surface area contributed by atoms with Crippen molar-refractivity contribution in [2.45, 2.75) is 25.7 Å². The van der Waals surface area contributed by atoms with Gasteiger partial charge in [0.05, 0.1) is 12.8 Å². The summed E-state index contributed by atoms with van der Waals surface area (Å²) in [7, 11) is 0. The van der Waals surface area contributed by atoms with Gasteiger partial charge in [0.25, 0.3) is 5.91 Å². The number of nitrogens with one attached hydrogen (secondary N) is 1. The largest absolute Gasteiger partial charge is 0.507 e. The van der Waals surface area contributed by atoms with Crippen LogP contribution < -0.4 is 5.43 Å². The van der Waals surface area contributed by atoms with Crippen molar-refractivity contribution in [3.63, 3.8) is 0 Å². The third-order valence-corrected chi connectivity index (χ3v) is 5.35. The van der Waals surface area contributed by atoms with Crippen molar-refractivity contribution in [1.82, 2.24) is 10.3 Å². The molecule has 0 aliphatic carbocycles. The predicted octanol–water partition coefficient (Wildman–Crippen LogP) is 3.53. The molecule has 1 aliphatic rings. The molecular formula is C24H29N3O2. The van der Waals surface area contributed by atoms with Gasteiger partial charge in [-0.3, -0.25) is 9.69 Å². The van der Waals surface area contributed by atoms with E-state index in [1.165, 1.54) is 11.8 Å². The highest BCUT2D eigenvalue weighted by molar-refractivity contribution is 5.86. The maximum absolute atomic E-state index is 12.2. The van der Waals surface area contributed by atoms with E-state index in [2.05, 4.69) is 46.3 Å². The number of aromatic hydroxyl groups is 1. The van der Waals surface area contributed by atoms with Crippen LogP contribution in [0.15, 0.2) is 66.3 Å². The SMILES string of the molecule is C=CCc1cccc(/C=N/NC(=O)CN2CCC(Cc3ccccc3)CC2)c1O. The molecule has 0 atom stereocenters. The van der Waals surface area contributed by atoms with Crippen LogP contribution in [0.25, 0.3) is 0 Å². The summed E-state index contributed by atoms with van der Waals surface area (Å²) in [5.74, 6) is 0.718. The molecule has 1 fully saturated rings. The molecule has 0 aromatic heterocycles. The van der Waals surface area contributed by atoms with Crippen molar-refractivity contribution in [2.24, 2.45) is 11.0 Å². The number of carbonyl (C=O) groups excluding carboxylic acids is 1. The Morgan fingerprint density at radius 2 is 1.93 bits per heavy atom. The lowest BCUT2D eigenvalue weighted by Gasteiger charge is -2.31. The summed E-state index contributed by atoms with van der Waals surface area (Å²) in [5.41, 5.74) is 5.31. The molecule has 1 amide bonds. The smallest absolute Gasteiger partial charge is 0.254 e. The molecule has 29 heavy (non-hydrogen) atoms. The average Bonchev–Trinajstić information content (AvgIpc) is 2.73. The van der Waals surface area contributed by atoms with E-state index in [9.17, 15) is 9.90 Å². The molecule has 5 heteroatoms. The van der Waals surface area contributed by atoms with Crippen molar-refractivity contribution in [1.29, 1.82) is 0 Å². The van der Waals surface area contributed by atoms with Crippen LogP contribution in [-0.4, -0.2) is 41.8 Å². The number of hydrazone groups is 1. The van der Waals surface area contributed by atoms with Crippen molar-refractivity contribution in [3.8, 4) is 5.75 Å². The van der Waals surface area contributed by atoms with Gasteiger partial charge in [0.15, 0.2) is 0 Å². The van der Waals surface area contributed by atoms with E-state index in [4.69, 9.17) is 0 Å². The van der Waals surface area contributed by atoms with E-state index < -0.39 is 0 Å². The van der Waals surface area contributed by atoms with Gasteiger partial charge in [-0.05, 0) is 61.9 Å². The highest BCUT2D eigenvalue weighted by atomic mass is 16.3. The van der Waals surface area contributed by atoms with E-state index in [0.29, 0.717) is 24.4 Å². The molecule has 0 bridgehead atoms. The molecule has 1 heterocycles. The van der Waals surface area contributed by atoms with Crippen LogP contribution >= 0.6 is 0 Å². The molecule has 0 radical (unpaired) electrons. The van der Waals surface area contributed by atoms with Gasteiger partial charge in [-0.1, -0.05) is 48.5 Å². The Morgan fingerprint density at radius 1 is 1.17 bits per heavy atom. The first kappa shape index (κ1) is 20.8. The zero-order chi connectivity index (χ0) is 20.5. The first-order chi connectivity index (χ1) is 14.2. The highest BCUT2D eigenvalue weighted by Crippen LogP contribution is 2.22. The zero-order valence-corrected chi connectivity index (χ0v) is 16.8. The van der Waals surface area contributed by atoms with Gasteiger partial charge < -0.3 is 5.11 Å². The Labute approximate surface area is 172 Å². The number of phenols is 1. The number of likely N-dealkylation sites (tertiary alicyclic amines) is 1. The minimum Gasteiger partial charge on any atom is -0.507 e. The summed E-state index contributed by atoms with van der Waals surface area (Å²) >= 11 is 0. The number of phenolic OH excluding ortho intramolecular Hbond substituents is 1. The number of para-hydroxylation sites is 1. The number of hydrogen-bond acceptors (Lipinski definition) is 4. The lowest BCUT2D eigenvalue weighted by Crippen LogP contribution is -2.40. The monoisotopic (exact) mass is 391 g/mol. The summed E-state index contributed by atoms with van der Waals surface area (Å²) in [5, 5.41) is 14.2. The third-order valence-electron chi connectivity index (χ3n) is 5.35. The van der Waals surface area contributed by atoms with Crippen molar-refractivity contribution in [3.05, 3.63) is 77.9 Å². The van der Waals surface area contributed by atoms with Crippen LogP contribution in [-0.2, 0) is 17.6 Å². The summed E-state index contributed by atoms with van der Waals surface area (Å²) in [4.78, 5) is 14.4. The molecule has 1 aliphatic heterocycles. The van der Waals surface area contributed by atoms with Crippen LogP contribution in [0.1, 0.15) is 29.5 Å². The number of allylic oxidation sites excluding steroid dienone is 1. The summed E-state index contributed by atoms with van der Waals surface area (Å²) in [6, 6.07) is 16.0. The lowest BCUT2D eigenvalue weighted by atomic mass is 9.90. The maximum atomic E-state index is 12.2. The molecular weight excluding hydrogens is 362 g/mol. The number of carbonyl (C=O) groups is 1. The molecule has 2 N–H and O–H groups in total. The van der Waals surface area contributed by atoms with Crippen LogP contribution in [0.2, 0.25) is 0 Å². The molecule has 2 aromatic rings. The number of amides is 1. The normalized spacial score (nSPS) is 15.4. The second-order valence-corrected chi connectivity index (χ2v) is 7.55. The van der Waals surface area contributed by atoms with Crippen LogP contribution in [0.5, 0.6) is 5.75 Å². The van der Waals surface area contributed by atoms with Gasteiger partial charge in [-0.15, -0.1) is 6.58 Å². The first-order valence-corrected chi connectivity index (χ1v) is 10.2. The van der Waals surface area contributed by atoms with E-state index in [1.807, 2.05) is 18.2 Å². The molecule has 0 saturated carbocycles. The number of rotatable bonds is 8. The minimum absolute atomic E-state index is 0.135. The molecule has 3 rings (SSSR count). The fraction of sp³-hybridized carbons (Fsp3) is 0.333. The second kappa shape index (κ2) is 10.6. The Hall–Kier alpha value is -2.92. The summed E-state index contributed by atoms with van der Waals surface area (Å²) in [6.45, 7) is 5.89. The summed E-state index contributed by atoms with van der Waals surface area (Å²) < 4.78 is 0.